The second-order valence-corrected chi connectivity index (χ2v) is 7.37. The highest BCUT2D eigenvalue weighted by Gasteiger charge is 2.13. The Morgan fingerprint density at radius 1 is 1.07 bits per heavy atom. The normalized spacial score (nSPS) is 11.2. The van der Waals surface area contributed by atoms with Crippen molar-refractivity contribution in [3.63, 3.8) is 0 Å². The average Bonchev–Trinajstić information content (AvgIpc) is 3.30. The van der Waals surface area contributed by atoms with Crippen LogP contribution in [0.4, 0.5) is 5.69 Å². The molecule has 0 aliphatic rings. The summed E-state index contributed by atoms with van der Waals surface area (Å²) in [7, 11) is 0. The lowest BCUT2D eigenvalue weighted by Gasteiger charge is -2.06. The van der Waals surface area contributed by atoms with E-state index in [-0.39, 0.29) is 12.5 Å². The lowest BCUT2D eigenvalue weighted by Crippen LogP contribution is -2.24. The Labute approximate surface area is 168 Å². The minimum atomic E-state index is -0.554. The maximum absolute atomic E-state index is 12.4. The van der Waals surface area contributed by atoms with Gasteiger partial charge in [0.05, 0.1) is 5.52 Å². The van der Waals surface area contributed by atoms with Gasteiger partial charge in [-0.1, -0.05) is 23.5 Å². The van der Waals surface area contributed by atoms with E-state index >= 15 is 0 Å². The van der Waals surface area contributed by atoms with E-state index in [1.165, 1.54) is 15.9 Å². The van der Waals surface area contributed by atoms with Gasteiger partial charge >= 0.3 is 5.76 Å². The topological polar surface area (TPSA) is 90.0 Å². The van der Waals surface area contributed by atoms with Crippen LogP contribution in [0.1, 0.15) is 0 Å². The number of nitrogens with zero attached hydrogens (tertiary/aromatic N) is 3. The SMILES string of the molecule is O=C(Cn1c(=O)oc2ccccc21)Nc1ccc(-c2nc3cccnc3s2)cc1. The molecule has 5 aromatic rings. The van der Waals surface area contributed by atoms with Crippen LogP contribution in [0.25, 0.3) is 32.0 Å². The van der Waals surface area contributed by atoms with Gasteiger partial charge in [0.1, 0.15) is 21.9 Å². The van der Waals surface area contributed by atoms with Crippen molar-refractivity contribution in [2.45, 2.75) is 6.54 Å². The fraction of sp³-hybridized carbons (Fsp3) is 0.0476. The number of thiazole rings is 1. The van der Waals surface area contributed by atoms with Crippen LogP contribution in [0, 0.1) is 0 Å². The maximum atomic E-state index is 12.4. The van der Waals surface area contributed by atoms with Gasteiger partial charge in [-0.05, 0) is 48.5 Å². The number of amides is 1. The number of para-hydroxylation sites is 2. The summed E-state index contributed by atoms with van der Waals surface area (Å²) in [5.41, 5.74) is 3.50. The summed E-state index contributed by atoms with van der Waals surface area (Å²) in [4.78, 5) is 34.2. The molecule has 3 heterocycles. The predicted octanol–water partition coefficient (Wildman–Crippen LogP) is 3.90. The number of pyridine rings is 1. The molecule has 7 nitrogen and oxygen atoms in total. The number of rotatable bonds is 4. The highest BCUT2D eigenvalue weighted by atomic mass is 32.1. The van der Waals surface area contributed by atoms with Crippen LogP contribution in [0.15, 0.2) is 76.1 Å². The molecule has 0 atom stereocenters. The quantitative estimate of drug-likeness (QED) is 0.492. The summed E-state index contributed by atoms with van der Waals surface area (Å²) in [6.07, 6.45) is 1.75. The van der Waals surface area contributed by atoms with Crippen LogP contribution in [-0.4, -0.2) is 20.4 Å². The minimum absolute atomic E-state index is 0.124. The van der Waals surface area contributed by atoms with Crippen LogP contribution >= 0.6 is 11.3 Å². The van der Waals surface area contributed by atoms with Gasteiger partial charge in [-0.25, -0.2) is 14.8 Å². The van der Waals surface area contributed by atoms with Crippen LogP contribution in [0.3, 0.4) is 0 Å². The number of benzene rings is 2. The second kappa shape index (κ2) is 6.99. The van der Waals surface area contributed by atoms with Crippen molar-refractivity contribution >= 4 is 44.4 Å². The average molecular weight is 402 g/mol. The molecule has 0 fully saturated rings. The maximum Gasteiger partial charge on any atom is 0.420 e. The first-order valence-corrected chi connectivity index (χ1v) is 9.69. The molecule has 0 radical (unpaired) electrons. The summed E-state index contributed by atoms with van der Waals surface area (Å²) in [5.74, 6) is -0.864. The summed E-state index contributed by atoms with van der Waals surface area (Å²) >= 11 is 1.52. The third-order valence-electron chi connectivity index (χ3n) is 4.46. The number of hydrogen-bond acceptors (Lipinski definition) is 6. The summed E-state index contributed by atoms with van der Waals surface area (Å²) in [6, 6.07) is 18.2. The predicted molar refractivity (Wildman–Crippen MR) is 112 cm³/mol. The first-order valence-electron chi connectivity index (χ1n) is 8.87. The van der Waals surface area contributed by atoms with Crippen molar-refractivity contribution < 1.29 is 9.21 Å². The molecule has 0 aliphatic carbocycles. The molecule has 0 aliphatic heterocycles. The lowest BCUT2D eigenvalue weighted by atomic mass is 10.2. The van der Waals surface area contributed by atoms with Crippen LogP contribution < -0.4 is 11.1 Å². The molecule has 3 aromatic heterocycles. The van der Waals surface area contributed by atoms with Crippen molar-refractivity contribution in [2.75, 3.05) is 5.32 Å². The number of carbonyl (C=O) groups excluding carboxylic acids is 1. The second-order valence-electron chi connectivity index (χ2n) is 6.39. The van der Waals surface area contributed by atoms with E-state index < -0.39 is 5.76 Å². The van der Waals surface area contributed by atoms with Gasteiger partial charge in [0, 0.05) is 17.4 Å². The molecule has 0 bridgehead atoms. The standard InChI is InChI=1S/C21H14N4O3S/c26-18(12-25-16-5-1-2-6-17(16)28-21(25)27)23-14-9-7-13(8-10-14)19-24-15-4-3-11-22-20(15)29-19/h1-11H,12H2,(H,23,26). The minimum Gasteiger partial charge on any atom is -0.408 e. The number of carbonyl (C=O) groups is 1. The molecule has 8 heteroatoms. The molecule has 0 spiro atoms. The first-order chi connectivity index (χ1) is 14.2. The molecular weight excluding hydrogens is 388 g/mol. The van der Waals surface area contributed by atoms with Crippen LogP contribution in [-0.2, 0) is 11.3 Å². The summed E-state index contributed by atoms with van der Waals surface area (Å²) < 4.78 is 6.47. The monoisotopic (exact) mass is 402 g/mol. The van der Waals surface area contributed by atoms with E-state index in [0.717, 1.165) is 20.9 Å². The Bertz CT molecular complexity index is 1370. The Hall–Kier alpha value is -3.78. The van der Waals surface area contributed by atoms with Gasteiger partial charge in [0.25, 0.3) is 0 Å². The number of nitrogens with one attached hydrogen (secondary N) is 1. The van der Waals surface area contributed by atoms with E-state index in [1.807, 2.05) is 36.4 Å². The largest absolute Gasteiger partial charge is 0.420 e. The van der Waals surface area contributed by atoms with Gasteiger partial charge in [0.2, 0.25) is 5.91 Å². The van der Waals surface area contributed by atoms with Gasteiger partial charge in [-0.2, -0.15) is 0 Å². The molecule has 142 valence electrons. The zero-order chi connectivity index (χ0) is 19.8. The number of aromatic nitrogens is 3. The fourth-order valence-electron chi connectivity index (χ4n) is 3.10. The van der Waals surface area contributed by atoms with Crippen molar-refractivity contribution in [3.8, 4) is 10.6 Å². The molecule has 0 saturated heterocycles. The number of hydrogen-bond donors (Lipinski definition) is 1. The molecular formula is C21H14N4O3S. The third kappa shape index (κ3) is 3.30. The van der Waals surface area contributed by atoms with Gasteiger partial charge in [-0.3, -0.25) is 9.36 Å². The van der Waals surface area contributed by atoms with Crippen molar-refractivity contribution in [1.29, 1.82) is 0 Å². The molecule has 1 amide bonds. The highest BCUT2D eigenvalue weighted by molar-refractivity contribution is 7.21. The van der Waals surface area contributed by atoms with Gasteiger partial charge in [-0.15, -0.1) is 0 Å². The Morgan fingerprint density at radius 2 is 1.90 bits per heavy atom. The fourth-order valence-corrected chi connectivity index (χ4v) is 4.01. The highest BCUT2D eigenvalue weighted by Crippen LogP contribution is 2.29. The van der Waals surface area contributed by atoms with Gasteiger partial charge in [0.15, 0.2) is 5.58 Å². The van der Waals surface area contributed by atoms with E-state index in [2.05, 4.69) is 15.3 Å². The van der Waals surface area contributed by atoms with Crippen molar-refractivity contribution in [2.24, 2.45) is 0 Å². The number of fused-ring (bicyclic) bond motifs is 2. The van der Waals surface area contributed by atoms with Crippen molar-refractivity contribution in [3.05, 3.63) is 77.4 Å². The molecule has 2 aromatic carbocycles. The molecule has 29 heavy (non-hydrogen) atoms. The Morgan fingerprint density at radius 3 is 2.72 bits per heavy atom. The van der Waals surface area contributed by atoms with Gasteiger partial charge < -0.3 is 9.73 Å². The molecule has 0 unspecified atom stereocenters. The lowest BCUT2D eigenvalue weighted by molar-refractivity contribution is -0.116. The van der Waals surface area contributed by atoms with E-state index in [4.69, 9.17) is 4.42 Å². The summed E-state index contributed by atoms with van der Waals surface area (Å²) in [5, 5.41) is 3.68. The van der Waals surface area contributed by atoms with Crippen LogP contribution in [0.5, 0.6) is 0 Å². The number of anilines is 1. The van der Waals surface area contributed by atoms with Crippen molar-refractivity contribution in [1.82, 2.24) is 14.5 Å². The van der Waals surface area contributed by atoms with E-state index in [0.29, 0.717) is 16.8 Å². The third-order valence-corrected chi connectivity index (χ3v) is 5.49. The zero-order valence-corrected chi connectivity index (χ0v) is 15.8. The molecule has 5 rings (SSSR count). The smallest absolute Gasteiger partial charge is 0.408 e. The Kier molecular flexibility index (Phi) is 4.18. The molecule has 0 saturated carbocycles. The Balaban J connectivity index is 1.33. The zero-order valence-electron chi connectivity index (χ0n) is 15.0. The van der Waals surface area contributed by atoms with Crippen LogP contribution in [0.2, 0.25) is 0 Å². The first kappa shape index (κ1) is 17.3. The van der Waals surface area contributed by atoms with E-state index in [1.54, 1.807) is 30.5 Å². The molecule has 1 N–H and O–H groups in total. The number of oxazole rings is 1. The van der Waals surface area contributed by atoms with E-state index in [9.17, 15) is 9.59 Å². The summed E-state index contributed by atoms with van der Waals surface area (Å²) in [6.45, 7) is -0.124.